The number of hydrogen-bond donors (Lipinski definition) is 2. The second kappa shape index (κ2) is 5.83. The number of amides is 1. The van der Waals surface area contributed by atoms with Crippen LogP contribution in [0.1, 0.15) is 23.8 Å². The maximum absolute atomic E-state index is 12.0. The fourth-order valence-corrected chi connectivity index (χ4v) is 1.74. The molecule has 96 valence electrons. The molecule has 0 unspecified atom stereocenters. The number of aromatic amines is 1. The number of rotatable bonds is 3. The highest BCUT2D eigenvalue weighted by Gasteiger charge is 2.12. The largest absolute Gasteiger partial charge is 0.350 e. The molecule has 2 N–H and O–H groups in total. The molecule has 0 radical (unpaired) electrons. The van der Waals surface area contributed by atoms with Crippen LogP contribution in [0.4, 0.5) is 0 Å². The van der Waals surface area contributed by atoms with Crippen LogP contribution in [-0.4, -0.2) is 22.6 Å². The molecule has 0 spiro atoms. The molecule has 0 aliphatic carbocycles. The average molecular weight is 255 g/mol. The number of nitrogens with zero attached hydrogens (tertiary/aromatic N) is 1. The Morgan fingerprint density at radius 1 is 1.37 bits per heavy atom. The normalized spacial score (nSPS) is 9.74. The van der Waals surface area contributed by atoms with Gasteiger partial charge in [0.25, 0.3) is 11.5 Å². The molecule has 1 aromatic heterocycles. The fraction of sp³-hybridized carbons (Fsp3) is 0.214. The SMILES string of the molecule is CC#CCCNC(=O)c1n[nH]c(=O)c2ccccc12. The maximum atomic E-state index is 12.0. The molecule has 0 atom stereocenters. The Labute approximate surface area is 110 Å². The minimum absolute atomic E-state index is 0.222. The van der Waals surface area contributed by atoms with E-state index < -0.39 is 0 Å². The maximum Gasteiger partial charge on any atom is 0.272 e. The fourth-order valence-electron chi connectivity index (χ4n) is 1.74. The average Bonchev–Trinajstić information content (AvgIpc) is 2.44. The van der Waals surface area contributed by atoms with Gasteiger partial charge in [0.1, 0.15) is 0 Å². The molecule has 0 saturated carbocycles. The minimum Gasteiger partial charge on any atom is -0.350 e. The lowest BCUT2D eigenvalue weighted by molar-refractivity contribution is 0.0950. The first-order valence-corrected chi connectivity index (χ1v) is 5.89. The van der Waals surface area contributed by atoms with E-state index >= 15 is 0 Å². The summed E-state index contributed by atoms with van der Waals surface area (Å²) >= 11 is 0. The topological polar surface area (TPSA) is 74.8 Å². The van der Waals surface area contributed by atoms with Gasteiger partial charge in [-0.1, -0.05) is 18.2 Å². The summed E-state index contributed by atoms with van der Waals surface area (Å²) in [7, 11) is 0. The lowest BCUT2D eigenvalue weighted by atomic mass is 10.1. The Bertz CT molecular complexity index is 723. The van der Waals surface area contributed by atoms with Crippen LogP contribution in [0, 0.1) is 11.8 Å². The van der Waals surface area contributed by atoms with Crippen LogP contribution < -0.4 is 10.9 Å². The van der Waals surface area contributed by atoms with Gasteiger partial charge in [0.2, 0.25) is 0 Å². The van der Waals surface area contributed by atoms with Gasteiger partial charge >= 0.3 is 0 Å². The van der Waals surface area contributed by atoms with E-state index in [1.807, 2.05) is 0 Å². The van der Waals surface area contributed by atoms with Crippen molar-refractivity contribution in [2.45, 2.75) is 13.3 Å². The van der Waals surface area contributed by atoms with Gasteiger partial charge in [-0.05, 0) is 13.0 Å². The van der Waals surface area contributed by atoms with Gasteiger partial charge in [-0.15, -0.1) is 11.8 Å². The molecule has 0 saturated heterocycles. The van der Waals surface area contributed by atoms with Crippen LogP contribution in [0.5, 0.6) is 0 Å². The molecule has 5 heteroatoms. The highest BCUT2D eigenvalue weighted by Crippen LogP contribution is 2.11. The number of benzene rings is 1. The predicted octanol–water partition coefficient (Wildman–Crippen LogP) is 1.07. The van der Waals surface area contributed by atoms with Crippen molar-refractivity contribution >= 4 is 16.7 Å². The van der Waals surface area contributed by atoms with E-state index in [1.54, 1.807) is 31.2 Å². The zero-order valence-corrected chi connectivity index (χ0v) is 10.5. The third kappa shape index (κ3) is 2.80. The van der Waals surface area contributed by atoms with Crippen molar-refractivity contribution in [1.29, 1.82) is 0 Å². The van der Waals surface area contributed by atoms with Crippen molar-refractivity contribution in [1.82, 2.24) is 15.5 Å². The summed E-state index contributed by atoms with van der Waals surface area (Å²) in [5.74, 6) is 5.30. The summed E-state index contributed by atoms with van der Waals surface area (Å²) in [6.45, 7) is 2.20. The quantitative estimate of drug-likeness (QED) is 0.636. The highest BCUT2D eigenvalue weighted by molar-refractivity contribution is 6.04. The first-order chi connectivity index (χ1) is 9.24. The number of carbonyl (C=O) groups excluding carboxylic acids is 1. The van der Waals surface area contributed by atoms with Gasteiger partial charge < -0.3 is 5.32 Å². The Morgan fingerprint density at radius 2 is 2.11 bits per heavy atom. The lowest BCUT2D eigenvalue weighted by Crippen LogP contribution is -2.27. The molecule has 0 bridgehead atoms. The molecule has 2 aromatic rings. The lowest BCUT2D eigenvalue weighted by Gasteiger charge is -2.05. The monoisotopic (exact) mass is 255 g/mol. The molecule has 0 aliphatic heterocycles. The summed E-state index contributed by atoms with van der Waals surface area (Å²) in [6.07, 6.45) is 0.587. The predicted molar refractivity (Wildman–Crippen MR) is 72.8 cm³/mol. The molecule has 19 heavy (non-hydrogen) atoms. The number of fused-ring (bicyclic) bond motifs is 1. The van der Waals surface area contributed by atoms with Crippen LogP contribution >= 0.6 is 0 Å². The van der Waals surface area contributed by atoms with Crippen molar-refractivity contribution in [2.75, 3.05) is 6.54 Å². The van der Waals surface area contributed by atoms with Crippen molar-refractivity contribution < 1.29 is 4.79 Å². The molecule has 0 aliphatic rings. The zero-order valence-electron chi connectivity index (χ0n) is 10.5. The molecule has 5 nitrogen and oxygen atoms in total. The molecule has 2 rings (SSSR count). The minimum atomic E-state index is -0.314. The first-order valence-electron chi connectivity index (χ1n) is 5.89. The first kappa shape index (κ1) is 12.8. The second-order valence-corrected chi connectivity index (χ2v) is 3.88. The molecular formula is C14H13N3O2. The summed E-state index contributed by atoms with van der Waals surface area (Å²) in [6, 6.07) is 6.88. The molecule has 0 fully saturated rings. The molecule has 1 amide bonds. The van der Waals surface area contributed by atoms with E-state index in [4.69, 9.17) is 0 Å². The van der Waals surface area contributed by atoms with Crippen molar-refractivity contribution in [3.8, 4) is 11.8 Å². The number of aromatic nitrogens is 2. The summed E-state index contributed by atoms with van der Waals surface area (Å²) < 4.78 is 0. The second-order valence-electron chi connectivity index (χ2n) is 3.88. The van der Waals surface area contributed by atoms with Crippen molar-refractivity contribution in [3.05, 3.63) is 40.3 Å². The van der Waals surface area contributed by atoms with E-state index in [0.717, 1.165) is 0 Å². The van der Waals surface area contributed by atoms with Crippen LogP contribution in [0.25, 0.3) is 10.8 Å². The van der Waals surface area contributed by atoms with Gasteiger partial charge in [0, 0.05) is 18.4 Å². The van der Waals surface area contributed by atoms with Crippen molar-refractivity contribution in [2.24, 2.45) is 0 Å². The van der Waals surface area contributed by atoms with Gasteiger partial charge in [-0.3, -0.25) is 9.59 Å². The van der Waals surface area contributed by atoms with Gasteiger partial charge in [-0.25, -0.2) is 5.10 Å². The van der Waals surface area contributed by atoms with E-state index in [2.05, 4.69) is 27.4 Å². The van der Waals surface area contributed by atoms with Crippen molar-refractivity contribution in [3.63, 3.8) is 0 Å². The molecular weight excluding hydrogens is 242 g/mol. The summed E-state index contributed by atoms with van der Waals surface area (Å²) in [5.41, 5.74) is -0.0799. The van der Waals surface area contributed by atoms with Crippen LogP contribution in [0.15, 0.2) is 29.1 Å². The Morgan fingerprint density at radius 3 is 2.84 bits per heavy atom. The standard InChI is InChI=1S/C14H13N3O2/c1-2-3-6-9-15-14(19)12-10-7-4-5-8-11(10)13(18)17-16-12/h4-5,7-8H,6,9H2,1H3,(H,15,19)(H,17,18). The Balaban J connectivity index is 2.29. The van der Waals surface area contributed by atoms with Crippen LogP contribution in [0.2, 0.25) is 0 Å². The van der Waals surface area contributed by atoms with Gasteiger partial charge in [0.15, 0.2) is 5.69 Å². The smallest absolute Gasteiger partial charge is 0.272 e. The highest BCUT2D eigenvalue weighted by atomic mass is 16.2. The third-order valence-corrected chi connectivity index (χ3v) is 2.62. The van der Waals surface area contributed by atoms with Crippen LogP contribution in [0.3, 0.4) is 0 Å². The summed E-state index contributed by atoms with van der Waals surface area (Å²) in [5, 5.41) is 9.87. The van der Waals surface area contributed by atoms with Gasteiger partial charge in [0.05, 0.1) is 5.39 Å². The number of nitrogens with one attached hydrogen (secondary N) is 2. The Kier molecular flexibility index (Phi) is 3.94. The zero-order chi connectivity index (χ0) is 13.7. The number of carbonyl (C=O) groups is 1. The van der Waals surface area contributed by atoms with Crippen LogP contribution in [-0.2, 0) is 0 Å². The third-order valence-electron chi connectivity index (χ3n) is 2.62. The number of hydrogen-bond acceptors (Lipinski definition) is 3. The number of H-pyrrole nitrogens is 1. The van der Waals surface area contributed by atoms with E-state index in [0.29, 0.717) is 23.7 Å². The Hall–Kier alpha value is -2.61. The van der Waals surface area contributed by atoms with E-state index in [1.165, 1.54) is 0 Å². The van der Waals surface area contributed by atoms with E-state index in [-0.39, 0.29) is 17.2 Å². The van der Waals surface area contributed by atoms with Gasteiger partial charge in [-0.2, -0.15) is 5.10 Å². The molecule has 1 heterocycles. The summed E-state index contributed by atoms with van der Waals surface area (Å²) in [4.78, 5) is 23.6. The van der Waals surface area contributed by atoms with E-state index in [9.17, 15) is 9.59 Å². The molecule has 1 aromatic carbocycles.